The quantitative estimate of drug-likeness (QED) is 0.763. The van der Waals surface area contributed by atoms with Crippen molar-refractivity contribution in [3.8, 4) is 5.75 Å². The molecule has 1 aromatic carbocycles. The van der Waals surface area contributed by atoms with E-state index in [2.05, 4.69) is 13.8 Å². The Morgan fingerprint density at radius 3 is 1.96 bits per heavy atom. The zero-order valence-corrected chi connectivity index (χ0v) is 15.7. The molecule has 1 aromatic rings. The molecule has 0 unspecified atom stereocenters. The summed E-state index contributed by atoms with van der Waals surface area (Å²) < 4.78 is 5.14. The summed E-state index contributed by atoms with van der Waals surface area (Å²) in [6.07, 6.45) is 2.78. The Balaban J connectivity index is 1.72. The molecule has 1 heterocycles. The van der Waals surface area contributed by atoms with Crippen LogP contribution in [-0.4, -0.2) is 54.9 Å². The maximum absolute atomic E-state index is 12.4. The van der Waals surface area contributed by atoms with Crippen molar-refractivity contribution in [3.05, 3.63) is 29.8 Å². The first-order chi connectivity index (χ1) is 12.0. The maximum atomic E-state index is 12.4. The van der Waals surface area contributed by atoms with E-state index >= 15 is 0 Å². The van der Waals surface area contributed by atoms with Crippen LogP contribution in [0.25, 0.3) is 0 Å². The van der Waals surface area contributed by atoms with Gasteiger partial charge in [-0.1, -0.05) is 26.0 Å². The summed E-state index contributed by atoms with van der Waals surface area (Å²) in [5.74, 6) is 1.77. The van der Waals surface area contributed by atoms with E-state index in [0.29, 0.717) is 44.9 Å². The van der Waals surface area contributed by atoms with E-state index in [1.54, 1.807) is 7.11 Å². The summed E-state index contributed by atoms with van der Waals surface area (Å²) in [5, 5.41) is 0. The lowest BCUT2D eigenvalue weighted by Crippen LogP contribution is -2.50. The van der Waals surface area contributed by atoms with Crippen LogP contribution in [0.3, 0.4) is 0 Å². The van der Waals surface area contributed by atoms with Gasteiger partial charge in [0, 0.05) is 39.0 Å². The molecule has 0 saturated carbocycles. The third kappa shape index (κ3) is 6.07. The molecule has 0 aromatic heterocycles. The molecule has 0 bridgehead atoms. The minimum Gasteiger partial charge on any atom is -0.497 e. The number of piperazine rings is 1. The van der Waals surface area contributed by atoms with E-state index in [-0.39, 0.29) is 11.8 Å². The molecule has 2 amide bonds. The fourth-order valence-electron chi connectivity index (χ4n) is 2.98. The number of carbonyl (C=O) groups is 2. The lowest BCUT2D eigenvalue weighted by Gasteiger charge is -2.35. The van der Waals surface area contributed by atoms with Crippen LogP contribution in [0.2, 0.25) is 0 Å². The molecule has 2 rings (SSSR count). The van der Waals surface area contributed by atoms with Crippen LogP contribution in [-0.2, 0) is 16.0 Å². The smallest absolute Gasteiger partial charge is 0.223 e. The number of hydrogen-bond acceptors (Lipinski definition) is 3. The summed E-state index contributed by atoms with van der Waals surface area (Å²) in [6.45, 7) is 6.87. The molecule has 25 heavy (non-hydrogen) atoms. The van der Waals surface area contributed by atoms with Gasteiger partial charge in [-0.2, -0.15) is 0 Å². The predicted molar refractivity (Wildman–Crippen MR) is 98.5 cm³/mol. The fraction of sp³-hybridized carbons (Fsp3) is 0.600. The topological polar surface area (TPSA) is 49.9 Å². The van der Waals surface area contributed by atoms with Gasteiger partial charge in [0.2, 0.25) is 11.8 Å². The second kappa shape index (κ2) is 9.44. The van der Waals surface area contributed by atoms with Crippen LogP contribution in [0.4, 0.5) is 0 Å². The average molecular weight is 346 g/mol. The normalized spacial score (nSPS) is 14.7. The highest BCUT2D eigenvalue weighted by Crippen LogP contribution is 2.14. The van der Waals surface area contributed by atoms with Crippen molar-refractivity contribution in [2.24, 2.45) is 5.92 Å². The molecule has 5 heteroatoms. The van der Waals surface area contributed by atoms with Crippen LogP contribution in [0.5, 0.6) is 5.75 Å². The van der Waals surface area contributed by atoms with Crippen molar-refractivity contribution in [2.45, 2.75) is 39.5 Å². The maximum Gasteiger partial charge on any atom is 0.223 e. The van der Waals surface area contributed by atoms with E-state index in [9.17, 15) is 9.59 Å². The van der Waals surface area contributed by atoms with Crippen molar-refractivity contribution >= 4 is 11.8 Å². The number of amides is 2. The Morgan fingerprint density at radius 2 is 1.48 bits per heavy atom. The highest BCUT2D eigenvalue weighted by molar-refractivity contribution is 5.78. The summed E-state index contributed by atoms with van der Waals surface area (Å²) in [4.78, 5) is 28.3. The molecule has 0 N–H and O–H groups in total. The summed E-state index contributed by atoms with van der Waals surface area (Å²) in [5.41, 5.74) is 1.14. The number of methoxy groups -OCH3 is 1. The molecule has 1 aliphatic heterocycles. The third-order valence-corrected chi connectivity index (χ3v) is 4.71. The van der Waals surface area contributed by atoms with Gasteiger partial charge in [-0.15, -0.1) is 0 Å². The molecule has 0 aliphatic carbocycles. The van der Waals surface area contributed by atoms with Crippen LogP contribution in [0.1, 0.15) is 38.7 Å². The fourth-order valence-corrected chi connectivity index (χ4v) is 2.98. The van der Waals surface area contributed by atoms with Gasteiger partial charge >= 0.3 is 0 Å². The van der Waals surface area contributed by atoms with Gasteiger partial charge in [0.25, 0.3) is 0 Å². The van der Waals surface area contributed by atoms with Crippen molar-refractivity contribution < 1.29 is 14.3 Å². The van der Waals surface area contributed by atoms with Crippen molar-refractivity contribution in [2.75, 3.05) is 33.3 Å². The molecule has 0 spiro atoms. The van der Waals surface area contributed by atoms with Gasteiger partial charge in [0.1, 0.15) is 5.75 Å². The zero-order chi connectivity index (χ0) is 18.2. The molecular weight excluding hydrogens is 316 g/mol. The molecule has 5 nitrogen and oxygen atoms in total. The van der Waals surface area contributed by atoms with Crippen LogP contribution in [0.15, 0.2) is 24.3 Å². The van der Waals surface area contributed by atoms with Crippen LogP contribution >= 0.6 is 0 Å². The third-order valence-electron chi connectivity index (χ3n) is 4.71. The summed E-state index contributed by atoms with van der Waals surface area (Å²) in [7, 11) is 1.64. The van der Waals surface area contributed by atoms with Crippen LogP contribution < -0.4 is 4.74 Å². The second-order valence-electron chi connectivity index (χ2n) is 7.04. The Morgan fingerprint density at radius 1 is 0.960 bits per heavy atom. The molecule has 1 saturated heterocycles. The molecule has 0 atom stereocenters. The zero-order valence-electron chi connectivity index (χ0n) is 15.7. The molecular formula is C20H30N2O3. The number of ether oxygens (including phenoxy) is 1. The van der Waals surface area contributed by atoms with Gasteiger partial charge in [0.05, 0.1) is 7.11 Å². The largest absolute Gasteiger partial charge is 0.497 e. The molecule has 0 radical (unpaired) electrons. The predicted octanol–water partition coefficient (Wildman–Crippen LogP) is 2.73. The van der Waals surface area contributed by atoms with E-state index < -0.39 is 0 Å². The van der Waals surface area contributed by atoms with E-state index in [1.165, 1.54) is 0 Å². The molecule has 138 valence electrons. The van der Waals surface area contributed by atoms with Gasteiger partial charge < -0.3 is 14.5 Å². The summed E-state index contributed by atoms with van der Waals surface area (Å²) in [6, 6.07) is 7.83. The monoisotopic (exact) mass is 346 g/mol. The first-order valence-corrected chi connectivity index (χ1v) is 9.18. The number of rotatable bonds is 7. The van der Waals surface area contributed by atoms with Crippen molar-refractivity contribution in [1.82, 2.24) is 9.80 Å². The minimum absolute atomic E-state index is 0.171. The number of nitrogens with zero attached hydrogens (tertiary/aromatic N) is 2. The first kappa shape index (κ1) is 19.3. The standard InChI is InChI=1S/C20H30N2O3/c1-16(2)4-10-19(23)21-12-14-22(15-13-21)20(24)11-7-17-5-8-18(25-3)9-6-17/h5-6,8-9,16H,4,7,10-15H2,1-3H3. The second-order valence-corrected chi connectivity index (χ2v) is 7.04. The Bertz CT molecular complexity index is 561. The van der Waals surface area contributed by atoms with Crippen molar-refractivity contribution in [3.63, 3.8) is 0 Å². The Kier molecular flexibility index (Phi) is 7.29. The molecule has 1 fully saturated rings. The highest BCUT2D eigenvalue weighted by atomic mass is 16.5. The Labute approximate surface area is 150 Å². The number of carbonyl (C=O) groups excluding carboxylic acids is 2. The number of benzene rings is 1. The Hall–Kier alpha value is -2.04. The number of hydrogen-bond donors (Lipinski definition) is 0. The minimum atomic E-state index is 0.171. The average Bonchev–Trinajstić information content (AvgIpc) is 2.64. The van der Waals surface area contributed by atoms with Gasteiger partial charge in [-0.25, -0.2) is 0 Å². The first-order valence-electron chi connectivity index (χ1n) is 9.18. The van der Waals surface area contributed by atoms with Gasteiger partial charge in [-0.05, 0) is 36.5 Å². The number of aryl methyl sites for hydroxylation is 1. The van der Waals surface area contributed by atoms with Crippen molar-refractivity contribution in [1.29, 1.82) is 0 Å². The lowest BCUT2D eigenvalue weighted by atomic mass is 10.1. The SMILES string of the molecule is COc1ccc(CCC(=O)N2CCN(C(=O)CCC(C)C)CC2)cc1. The molecule has 1 aliphatic rings. The van der Waals surface area contributed by atoms with E-state index in [0.717, 1.165) is 24.2 Å². The van der Waals surface area contributed by atoms with E-state index in [4.69, 9.17) is 4.74 Å². The highest BCUT2D eigenvalue weighted by Gasteiger charge is 2.23. The van der Waals surface area contributed by atoms with Gasteiger partial charge in [0.15, 0.2) is 0 Å². The summed E-state index contributed by atoms with van der Waals surface area (Å²) >= 11 is 0. The van der Waals surface area contributed by atoms with Gasteiger partial charge in [-0.3, -0.25) is 9.59 Å². The van der Waals surface area contributed by atoms with Crippen LogP contribution in [0, 0.1) is 5.92 Å². The van der Waals surface area contributed by atoms with E-state index in [1.807, 2.05) is 34.1 Å². The lowest BCUT2D eigenvalue weighted by molar-refractivity contribution is -0.139.